The summed E-state index contributed by atoms with van der Waals surface area (Å²) in [6.07, 6.45) is 32.2. The largest absolute Gasteiger partial charge is 0.469 e. The Morgan fingerprint density at radius 1 is 0.636 bits per heavy atom. The normalized spacial score (nSPS) is 14.0. The maximum Gasteiger partial charge on any atom is 0.305 e. The van der Waals surface area contributed by atoms with Crippen LogP contribution in [0.5, 0.6) is 0 Å². The van der Waals surface area contributed by atoms with Crippen LogP contribution >= 0.6 is 0 Å². The van der Waals surface area contributed by atoms with E-state index in [2.05, 4.69) is 28.4 Å². The van der Waals surface area contributed by atoms with Gasteiger partial charge in [0.25, 0.3) is 0 Å². The van der Waals surface area contributed by atoms with E-state index in [0.717, 1.165) is 58.0 Å². The molecule has 0 saturated carbocycles. The number of aliphatic hydroxyl groups is 2. The summed E-state index contributed by atoms with van der Waals surface area (Å²) in [5.41, 5.74) is 0. The third-order valence-electron chi connectivity index (χ3n) is 7.93. The second kappa shape index (κ2) is 37.6. The van der Waals surface area contributed by atoms with Crippen LogP contribution in [0.15, 0.2) is 0 Å². The lowest BCUT2D eigenvalue weighted by Gasteiger charge is -2.21. The molecule has 0 aromatic carbocycles. The Morgan fingerprint density at radius 2 is 1.11 bits per heavy atom. The molecule has 6 heteroatoms. The molecule has 1 aliphatic heterocycles. The van der Waals surface area contributed by atoms with Gasteiger partial charge in [0.2, 0.25) is 0 Å². The van der Waals surface area contributed by atoms with Crippen LogP contribution in [0.25, 0.3) is 0 Å². The SMILES string of the molecule is COC(=O)CCCCCCCCCCCCC#CCO.OCCCCCCCCCCCCCC#CCOC1CCCCO1. The summed E-state index contributed by atoms with van der Waals surface area (Å²) in [4.78, 5) is 10.9. The fraction of sp³-hybridized carbons (Fsp3) is 0.868. The number of esters is 1. The Hall–Kier alpha value is -1.57. The van der Waals surface area contributed by atoms with Crippen molar-refractivity contribution in [1.82, 2.24) is 0 Å². The van der Waals surface area contributed by atoms with E-state index in [1.54, 1.807) is 0 Å². The monoisotopic (exact) mass is 621 g/mol. The van der Waals surface area contributed by atoms with Gasteiger partial charge in [0, 0.05) is 32.5 Å². The second-order valence-electron chi connectivity index (χ2n) is 11.9. The Balaban J connectivity index is 0.000000856. The molecule has 44 heavy (non-hydrogen) atoms. The smallest absolute Gasteiger partial charge is 0.305 e. The first-order valence-electron chi connectivity index (χ1n) is 18.2. The van der Waals surface area contributed by atoms with E-state index in [0.29, 0.717) is 19.6 Å². The molecule has 1 fully saturated rings. The summed E-state index contributed by atoms with van der Waals surface area (Å²) >= 11 is 0. The lowest BCUT2D eigenvalue weighted by molar-refractivity contribution is -0.154. The van der Waals surface area contributed by atoms with Gasteiger partial charge < -0.3 is 24.4 Å². The number of methoxy groups -OCH3 is 1. The van der Waals surface area contributed by atoms with Gasteiger partial charge in [-0.2, -0.15) is 0 Å². The average Bonchev–Trinajstić information content (AvgIpc) is 3.05. The molecule has 0 aromatic rings. The van der Waals surface area contributed by atoms with Crippen molar-refractivity contribution in [3.05, 3.63) is 0 Å². The van der Waals surface area contributed by atoms with Gasteiger partial charge in [-0.15, -0.1) is 11.8 Å². The van der Waals surface area contributed by atoms with Crippen molar-refractivity contribution in [3.8, 4) is 23.7 Å². The second-order valence-corrected chi connectivity index (χ2v) is 11.9. The van der Waals surface area contributed by atoms with E-state index >= 15 is 0 Å². The molecule has 0 aliphatic carbocycles. The highest BCUT2D eigenvalue weighted by Gasteiger charge is 2.12. The van der Waals surface area contributed by atoms with Crippen molar-refractivity contribution in [2.75, 3.05) is 33.5 Å². The van der Waals surface area contributed by atoms with Crippen molar-refractivity contribution in [1.29, 1.82) is 0 Å². The van der Waals surface area contributed by atoms with Crippen LogP contribution < -0.4 is 0 Å². The van der Waals surface area contributed by atoms with Gasteiger partial charge in [-0.25, -0.2) is 0 Å². The molecule has 1 atom stereocenters. The first kappa shape index (κ1) is 42.4. The number of hydrogen-bond donors (Lipinski definition) is 2. The highest BCUT2D eigenvalue weighted by atomic mass is 16.7. The van der Waals surface area contributed by atoms with Gasteiger partial charge in [-0.1, -0.05) is 121 Å². The van der Waals surface area contributed by atoms with Crippen LogP contribution in [0.2, 0.25) is 0 Å². The summed E-state index contributed by atoms with van der Waals surface area (Å²) in [5, 5.41) is 17.2. The molecule has 256 valence electrons. The highest BCUT2D eigenvalue weighted by molar-refractivity contribution is 5.68. The number of rotatable bonds is 26. The first-order valence-corrected chi connectivity index (χ1v) is 18.2. The molecule has 6 nitrogen and oxygen atoms in total. The molecule has 1 heterocycles. The minimum absolute atomic E-state index is 0.0114. The fourth-order valence-electron chi connectivity index (χ4n) is 5.18. The van der Waals surface area contributed by atoms with Crippen molar-refractivity contribution in [2.45, 2.75) is 180 Å². The van der Waals surface area contributed by atoms with Gasteiger partial charge in [0.15, 0.2) is 6.29 Å². The number of carbonyl (C=O) groups is 1. The zero-order valence-corrected chi connectivity index (χ0v) is 28.5. The molecule has 0 spiro atoms. The molecule has 1 rings (SSSR count). The maximum atomic E-state index is 10.9. The van der Waals surface area contributed by atoms with E-state index in [1.165, 1.54) is 123 Å². The Morgan fingerprint density at radius 3 is 1.57 bits per heavy atom. The highest BCUT2D eigenvalue weighted by Crippen LogP contribution is 2.14. The number of ether oxygens (including phenoxy) is 3. The van der Waals surface area contributed by atoms with Gasteiger partial charge >= 0.3 is 5.97 Å². The number of aliphatic hydroxyl groups excluding tert-OH is 2. The lowest BCUT2D eigenvalue weighted by Crippen LogP contribution is -2.22. The molecule has 1 unspecified atom stereocenters. The Bertz CT molecular complexity index is 710. The number of hydrogen-bond acceptors (Lipinski definition) is 6. The molecular weight excluding hydrogens is 552 g/mol. The van der Waals surface area contributed by atoms with Gasteiger partial charge in [0.05, 0.1) is 7.11 Å². The third-order valence-corrected chi connectivity index (χ3v) is 7.93. The molecule has 0 aromatic heterocycles. The molecule has 0 bridgehead atoms. The molecule has 0 amide bonds. The van der Waals surface area contributed by atoms with Crippen molar-refractivity contribution < 1.29 is 29.2 Å². The predicted molar refractivity (Wildman–Crippen MR) is 182 cm³/mol. The van der Waals surface area contributed by atoms with Crippen LogP contribution in [0.1, 0.15) is 173 Å². The molecular formula is C38H68O6. The van der Waals surface area contributed by atoms with E-state index in [4.69, 9.17) is 19.7 Å². The number of unbranched alkanes of at least 4 members (excludes halogenated alkanes) is 21. The Kier molecular flexibility index (Phi) is 36.3. The molecule has 0 radical (unpaired) electrons. The van der Waals surface area contributed by atoms with Crippen LogP contribution in [0.4, 0.5) is 0 Å². The van der Waals surface area contributed by atoms with E-state index in [-0.39, 0.29) is 18.9 Å². The summed E-state index contributed by atoms with van der Waals surface area (Å²) in [7, 11) is 1.45. The summed E-state index contributed by atoms with van der Waals surface area (Å²) in [6.45, 7) is 1.69. The van der Waals surface area contributed by atoms with E-state index in [9.17, 15) is 4.79 Å². The molecule has 2 N–H and O–H groups in total. The standard InChI is InChI=1S/C21H38O3.C17H30O3/c22-18-14-11-9-7-5-3-1-2-4-6-8-10-12-15-19-23-21-17-13-16-20-24-21;1-20-17(19)15-13-11-9-7-5-3-2-4-6-8-10-12-14-16-18/h21-22H,1-11,13-14,16-20H2;18H,2-11,13,15-16H2,1H3. The minimum atomic E-state index is -0.0892. The third kappa shape index (κ3) is 34.9. The summed E-state index contributed by atoms with van der Waals surface area (Å²) in [6, 6.07) is 0. The van der Waals surface area contributed by atoms with Gasteiger partial charge in [-0.3, -0.25) is 4.79 Å². The summed E-state index contributed by atoms with van der Waals surface area (Å²) < 4.78 is 15.7. The maximum absolute atomic E-state index is 10.9. The lowest BCUT2D eigenvalue weighted by atomic mass is 10.1. The van der Waals surface area contributed by atoms with Crippen LogP contribution in [-0.2, 0) is 19.0 Å². The fourth-order valence-corrected chi connectivity index (χ4v) is 5.18. The molecule has 1 aliphatic rings. The first-order chi connectivity index (χ1) is 21.7. The van der Waals surface area contributed by atoms with Crippen molar-refractivity contribution in [2.24, 2.45) is 0 Å². The zero-order chi connectivity index (χ0) is 32.0. The van der Waals surface area contributed by atoms with Crippen molar-refractivity contribution >= 4 is 5.97 Å². The van der Waals surface area contributed by atoms with Gasteiger partial charge in [0.1, 0.15) is 13.2 Å². The zero-order valence-electron chi connectivity index (χ0n) is 28.5. The quantitative estimate of drug-likeness (QED) is 0.0570. The number of carbonyl (C=O) groups excluding carboxylic acids is 1. The van der Waals surface area contributed by atoms with Crippen LogP contribution in [0.3, 0.4) is 0 Å². The van der Waals surface area contributed by atoms with E-state index in [1.807, 2.05) is 0 Å². The minimum Gasteiger partial charge on any atom is -0.469 e. The molecule has 1 saturated heterocycles. The Labute approximate surface area is 271 Å². The van der Waals surface area contributed by atoms with Crippen molar-refractivity contribution in [3.63, 3.8) is 0 Å². The van der Waals surface area contributed by atoms with Crippen LogP contribution in [-0.4, -0.2) is 56.0 Å². The summed E-state index contributed by atoms with van der Waals surface area (Å²) in [5.74, 6) is 11.8. The van der Waals surface area contributed by atoms with Gasteiger partial charge in [-0.05, 0) is 44.9 Å². The van der Waals surface area contributed by atoms with E-state index < -0.39 is 0 Å². The average molecular weight is 621 g/mol. The predicted octanol–water partition coefficient (Wildman–Crippen LogP) is 9.04. The van der Waals surface area contributed by atoms with Crippen LogP contribution in [0, 0.1) is 23.7 Å². The topological polar surface area (TPSA) is 85.2 Å².